The fourth-order valence-electron chi connectivity index (χ4n) is 1.59. The molecular formula is C11H22N4. The molecule has 0 saturated heterocycles. The maximum Gasteiger partial charge on any atom is 0.151 e. The van der Waals surface area contributed by atoms with E-state index in [9.17, 15) is 0 Å². The normalized spacial score (nSPS) is 10.8. The van der Waals surface area contributed by atoms with Gasteiger partial charge in [0, 0.05) is 13.0 Å². The van der Waals surface area contributed by atoms with E-state index in [1.807, 2.05) is 4.68 Å². The molecule has 0 bridgehead atoms. The maximum absolute atomic E-state index is 4.07. The van der Waals surface area contributed by atoms with Crippen molar-refractivity contribution in [2.45, 2.75) is 65.3 Å². The molecule has 0 spiro atoms. The van der Waals surface area contributed by atoms with E-state index in [-0.39, 0.29) is 0 Å². The Hall–Kier alpha value is -0.930. The standard InChI is InChI=1S/C11H22N4/c1-3-5-7-8-9-11-12-13-14-15(11)10-6-4-2/h3-10H2,1-2H3. The van der Waals surface area contributed by atoms with E-state index in [1.165, 1.54) is 32.1 Å². The van der Waals surface area contributed by atoms with Crippen LogP contribution in [0, 0.1) is 0 Å². The van der Waals surface area contributed by atoms with E-state index in [4.69, 9.17) is 0 Å². The number of hydrogen-bond acceptors (Lipinski definition) is 3. The molecule has 4 nitrogen and oxygen atoms in total. The second kappa shape index (κ2) is 7.37. The summed E-state index contributed by atoms with van der Waals surface area (Å²) in [6.07, 6.45) is 8.47. The Morgan fingerprint density at radius 2 is 1.80 bits per heavy atom. The largest absolute Gasteiger partial charge is 0.230 e. The van der Waals surface area contributed by atoms with Crippen LogP contribution < -0.4 is 0 Å². The van der Waals surface area contributed by atoms with Gasteiger partial charge in [0.25, 0.3) is 0 Å². The molecule has 0 fully saturated rings. The van der Waals surface area contributed by atoms with Crippen LogP contribution in [0.2, 0.25) is 0 Å². The fourth-order valence-corrected chi connectivity index (χ4v) is 1.59. The Morgan fingerprint density at radius 3 is 2.53 bits per heavy atom. The van der Waals surface area contributed by atoms with Gasteiger partial charge < -0.3 is 0 Å². The first kappa shape index (κ1) is 12.1. The summed E-state index contributed by atoms with van der Waals surface area (Å²) in [6.45, 7) is 5.38. The highest BCUT2D eigenvalue weighted by Crippen LogP contribution is 2.05. The van der Waals surface area contributed by atoms with Crippen molar-refractivity contribution in [2.24, 2.45) is 0 Å². The van der Waals surface area contributed by atoms with Gasteiger partial charge in [0.1, 0.15) is 0 Å². The van der Waals surface area contributed by atoms with Crippen molar-refractivity contribution in [3.63, 3.8) is 0 Å². The van der Waals surface area contributed by atoms with Crippen LogP contribution in [0.15, 0.2) is 0 Å². The average Bonchev–Trinajstić information content (AvgIpc) is 2.69. The van der Waals surface area contributed by atoms with Crippen molar-refractivity contribution >= 4 is 0 Å². The Balaban J connectivity index is 2.29. The van der Waals surface area contributed by atoms with E-state index in [0.717, 1.165) is 25.2 Å². The molecule has 1 aromatic rings. The van der Waals surface area contributed by atoms with Gasteiger partial charge >= 0.3 is 0 Å². The molecule has 0 unspecified atom stereocenters. The molecule has 86 valence electrons. The average molecular weight is 210 g/mol. The van der Waals surface area contributed by atoms with Crippen LogP contribution in [-0.4, -0.2) is 20.2 Å². The lowest BCUT2D eigenvalue weighted by Gasteiger charge is -2.02. The summed E-state index contributed by atoms with van der Waals surface area (Å²) in [4.78, 5) is 0. The molecular weight excluding hydrogens is 188 g/mol. The van der Waals surface area contributed by atoms with Gasteiger partial charge in [-0.3, -0.25) is 0 Å². The molecule has 1 heterocycles. The van der Waals surface area contributed by atoms with Gasteiger partial charge in [0.05, 0.1) is 0 Å². The van der Waals surface area contributed by atoms with Crippen LogP contribution in [0.25, 0.3) is 0 Å². The molecule has 0 amide bonds. The quantitative estimate of drug-likeness (QED) is 0.619. The smallest absolute Gasteiger partial charge is 0.151 e. The van der Waals surface area contributed by atoms with Gasteiger partial charge in [0.2, 0.25) is 0 Å². The highest BCUT2D eigenvalue weighted by molar-refractivity contribution is 4.80. The molecule has 0 aromatic carbocycles. The Morgan fingerprint density at radius 1 is 1.00 bits per heavy atom. The monoisotopic (exact) mass is 210 g/mol. The lowest BCUT2D eigenvalue weighted by molar-refractivity contribution is 0.523. The summed E-state index contributed by atoms with van der Waals surface area (Å²) < 4.78 is 1.95. The van der Waals surface area contributed by atoms with Crippen molar-refractivity contribution < 1.29 is 0 Å². The molecule has 0 aliphatic rings. The van der Waals surface area contributed by atoms with Crippen LogP contribution in [0.1, 0.15) is 58.2 Å². The molecule has 0 aliphatic carbocycles. The summed E-state index contributed by atoms with van der Waals surface area (Å²) in [7, 11) is 0. The number of unbranched alkanes of at least 4 members (excludes halogenated alkanes) is 4. The van der Waals surface area contributed by atoms with Crippen LogP contribution >= 0.6 is 0 Å². The van der Waals surface area contributed by atoms with Gasteiger partial charge in [0.15, 0.2) is 5.82 Å². The molecule has 0 radical (unpaired) electrons. The zero-order chi connectivity index (χ0) is 10.9. The number of rotatable bonds is 8. The molecule has 4 heteroatoms. The minimum Gasteiger partial charge on any atom is -0.230 e. The van der Waals surface area contributed by atoms with Crippen LogP contribution in [-0.2, 0) is 13.0 Å². The van der Waals surface area contributed by atoms with E-state index in [2.05, 4.69) is 29.4 Å². The molecule has 0 N–H and O–H groups in total. The van der Waals surface area contributed by atoms with Gasteiger partial charge in [-0.05, 0) is 23.3 Å². The third kappa shape index (κ3) is 4.40. The lowest BCUT2D eigenvalue weighted by atomic mass is 10.1. The van der Waals surface area contributed by atoms with Crippen molar-refractivity contribution in [3.8, 4) is 0 Å². The van der Waals surface area contributed by atoms with E-state index >= 15 is 0 Å². The minimum atomic E-state index is 0.965. The number of nitrogens with zero attached hydrogens (tertiary/aromatic N) is 4. The number of aromatic nitrogens is 4. The molecule has 15 heavy (non-hydrogen) atoms. The first-order valence-corrected chi connectivity index (χ1v) is 6.13. The summed E-state index contributed by atoms with van der Waals surface area (Å²) in [5.41, 5.74) is 0. The van der Waals surface area contributed by atoms with Gasteiger partial charge in [-0.25, -0.2) is 4.68 Å². The number of tetrazole rings is 1. The summed E-state index contributed by atoms with van der Waals surface area (Å²) >= 11 is 0. The summed E-state index contributed by atoms with van der Waals surface area (Å²) in [5.74, 6) is 1.06. The first-order valence-electron chi connectivity index (χ1n) is 6.13. The maximum atomic E-state index is 4.07. The second-order valence-electron chi connectivity index (χ2n) is 3.98. The molecule has 1 aromatic heterocycles. The van der Waals surface area contributed by atoms with Gasteiger partial charge in [-0.15, -0.1) is 5.10 Å². The van der Waals surface area contributed by atoms with Crippen molar-refractivity contribution in [1.29, 1.82) is 0 Å². The van der Waals surface area contributed by atoms with Crippen LogP contribution in [0.4, 0.5) is 0 Å². The minimum absolute atomic E-state index is 0.965. The first-order chi connectivity index (χ1) is 7.38. The topological polar surface area (TPSA) is 43.6 Å². The predicted molar refractivity (Wildman–Crippen MR) is 60.6 cm³/mol. The third-order valence-electron chi connectivity index (χ3n) is 2.58. The van der Waals surface area contributed by atoms with E-state index in [0.29, 0.717) is 0 Å². The fraction of sp³-hybridized carbons (Fsp3) is 0.909. The second-order valence-corrected chi connectivity index (χ2v) is 3.98. The predicted octanol–water partition coefficient (Wildman–Crippen LogP) is 2.60. The van der Waals surface area contributed by atoms with Crippen molar-refractivity contribution in [1.82, 2.24) is 20.2 Å². The van der Waals surface area contributed by atoms with Gasteiger partial charge in [-0.2, -0.15) is 0 Å². The molecule has 0 aliphatic heterocycles. The molecule has 0 atom stereocenters. The zero-order valence-corrected chi connectivity index (χ0v) is 9.95. The zero-order valence-electron chi connectivity index (χ0n) is 9.95. The van der Waals surface area contributed by atoms with Gasteiger partial charge in [-0.1, -0.05) is 39.5 Å². The lowest BCUT2D eigenvalue weighted by Crippen LogP contribution is -2.06. The van der Waals surface area contributed by atoms with Crippen LogP contribution in [0.3, 0.4) is 0 Å². The van der Waals surface area contributed by atoms with Crippen LogP contribution in [0.5, 0.6) is 0 Å². The van der Waals surface area contributed by atoms with E-state index < -0.39 is 0 Å². The summed E-state index contributed by atoms with van der Waals surface area (Å²) in [6, 6.07) is 0. The van der Waals surface area contributed by atoms with Crippen molar-refractivity contribution in [2.75, 3.05) is 0 Å². The highest BCUT2D eigenvalue weighted by Gasteiger charge is 2.04. The van der Waals surface area contributed by atoms with E-state index in [1.54, 1.807) is 0 Å². The Kier molecular flexibility index (Phi) is 5.97. The number of aryl methyl sites for hydroxylation is 2. The number of hydrogen-bond donors (Lipinski definition) is 0. The third-order valence-corrected chi connectivity index (χ3v) is 2.58. The highest BCUT2D eigenvalue weighted by atomic mass is 15.5. The Labute approximate surface area is 92.1 Å². The summed E-state index contributed by atoms with van der Waals surface area (Å²) in [5, 5.41) is 11.8. The Bertz CT molecular complexity index is 257. The van der Waals surface area contributed by atoms with Crippen molar-refractivity contribution in [3.05, 3.63) is 5.82 Å². The SMILES string of the molecule is CCCCCCc1nnnn1CCCC. The molecule has 0 saturated carbocycles. The molecule has 1 rings (SSSR count).